The number of halogens is 2. The van der Waals surface area contributed by atoms with E-state index in [0.29, 0.717) is 0 Å². The maximum atomic E-state index is 2.32. The van der Waals surface area contributed by atoms with Crippen LogP contribution in [0.1, 0.15) is 90.9 Å². The molecular weight excluding hydrogens is 500 g/mol. The zero-order chi connectivity index (χ0) is 19.9. The zero-order valence-electron chi connectivity index (χ0n) is 19.2. The molecule has 0 fully saturated rings. The molecule has 2 aromatic heterocycles. The molecule has 0 radical (unpaired) electrons. The Kier molecular flexibility index (Phi) is 18.5. The molecule has 0 aromatic carbocycles. The van der Waals surface area contributed by atoms with E-state index in [1.807, 2.05) is 0 Å². The lowest BCUT2D eigenvalue weighted by atomic mass is 10.1. The summed E-state index contributed by atoms with van der Waals surface area (Å²) in [5, 5.41) is 0. The molecule has 0 aliphatic carbocycles. The van der Waals surface area contributed by atoms with Crippen LogP contribution in [0, 0.1) is 0 Å². The summed E-state index contributed by atoms with van der Waals surface area (Å²) in [6.07, 6.45) is 25.2. The molecular formula is C26H44Br2N2+2. The Morgan fingerprint density at radius 3 is 1.10 bits per heavy atom. The SMILES string of the molecule is Br.Br.CCCCCCCC[n+]1ccc(-c2cc[n+](CCCCCCCC)cc2)cc1. The van der Waals surface area contributed by atoms with Crippen LogP contribution in [0.5, 0.6) is 0 Å². The van der Waals surface area contributed by atoms with Gasteiger partial charge in [-0.15, -0.1) is 34.0 Å². The van der Waals surface area contributed by atoms with Crippen LogP contribution in [0.15, 0.2) is 49.1 Å². The molecule has 2 heterocycles. The first-order valence-electron chi connectivity index (χ1n) is 11.8. The Balaban J connectivity index is 0.00000420. The fourth-order valence-electron chi connectivity index (χ4n) is 3.75. The third-order valence-corrected chi connectivity index (χ3v) is 5.66. The van der Waals surface area contributed by atoms with Gasteiger partial charge in [-0.2, -0.15) is 0 Å². The largest absolute Gasteiger partial charge is 0.205 e. The molecule has 2 rings (SSSR count). The van der Waals surface area contributed by atoms with Crippen LogP contribution in [-0.4, -0.2) is 0 Å². The Morgan fingerprint density at radius 1 is 0.467 bits per heavy atom. The molecule has 0 aliphatic heterocycles. The lowest BCUT2D eigenvalue weighted by Gasteiger charge is -2.02. The van der Waals surface area contributed by atoms with Crippen LogP contribution in [0.25, 0.3) is 11.1 Å². The maximum absolute atomic E-state index is 2.32. The summed E-state index contributed by atoms with van der Waals surface area (Å²) in [6.45, 7) is 6.83. The van der Waals surface area contributed by atoms with Gasteiger partial charge in [-0.25, -0.2) is 9.13 Å². The van der Waals surface area contributed by atoms with E-state index in [0.717, 1.165) is 13.1 Å². The predicted octanol–water partition coefficient (Wildman–Crippen LogP) is 7.81. The number of unbranched alkanes of at least 4 members (excludes halogenated alkanes) is 10. The monoisotopic (exact) mass is 542 g/mol. The van der Waals surface area contributed by atoms with Crippen molar-refractivity contribution in [3.8, 4) is 11.1 Å². The van der Waals surface area contributed by atoms with Gasteiger partial charge in [0.2, 0.25) is 0 Å². The highest BCUT2D eigenvalue weighted by Gasteiger charge is 2.06. The van der Waals surface area contributed by atoms with Gasteiger partial charge in [0.25, 0.3) is 0 Å². The van der Waals surface area contributed by atoms with Gasteiger partial charge in [-0.05, 0) is 24.0 Å². The van der Waals surface area contributed by atoms with Gasteiger partial charge < -0.3 is 0 Å². The molecule has 30 heavy (non-hydrogen) atoms. The highest BCUT2D eigenvalue weighted by Crippen LogP contribution is 2.16. The molecule has 0 saturated carbocycles. The van der Waals surface area contributed by atoms with Gasteiger partial charge in [-0.1, -0.05) is 65.2 Å². The van der Waals surface area contributed by atoms with E-state index in [1.165, 1.54) is 88.2 Å². The number of nitrogens with zero attached hydrogens (tertiary/aromatic N) is 2. The van der Waals surface area contributed by atoms with E-state index in [9.17, 15) is 0 Å². The molecule has 0 N–H and O–H groups in total. The minimum atomic E-state index is 0. The minimum Gasteiger partial charge on any atom is -0.205 e. The van der Waals surface area contributed by atoms with Crippen LogP contribution in [0.3, 0.4) is 0 Å². The summed E-state index contributed by atoms with van der Waals surface area (Å²) in [4.78, 5) is 0. The lowest BCUT2D eigenvalue weighted by molar-refractivity contribution is -0.697. The average molecular weight is 544 g/mol. The number of hydrogen-bond donors (Lipinski definition) is 0. The first-order chi connectivity index (χ1) is 13.8. The molecule has 0 unspecified atom stereocenters. The van der Waals surface area contributed by atoms with Crippen LogP contribution >= 0.6 is 34.0 Å². The smallest absolute Gasteiger partial charge is 0.169 e. The number of aryl methyl sites for hydroxylation is 2. The Hall–Kier alpha value is -0.740. The molecule has 4 heteroatoms. The van der Waals surface area contributed by atoms with E-state index >= 15 is 0 Å². The van der Waals surface area contributed by atoms with Crippen molar-refractivity contribution in [1.82, 2.24) is 0 Å². The molecule has 0 spiro atoms. The summed E-state index contributed by atoms with van der Waals surface area (Å²) in [7, 11) is 0. The maximum Gasteiger partial charge on any atom is 0.169 e. The van der Waals surface area contributed by atoms with Crippen LogP contribution < -0.4 is 9.13 Å². The van der Waals surface area contributed by atoms with Crippen molar-refractivity contribution in [1.29, 1.82) is 0 Å². The van der Waals surface area contributed by atoms with Crippen molar-refractivity contribution in [3.63, 3.8) is 0 Å². The Labute approximate surface area is 206 Å². The molecule has 2 nitrogen and oxygen atoms in total. The van der Waals surface area contributed by atoms with E-state index in [4.69, 9.17) is 0 Å². The van der Waals surface area contributed by atoms with Crippen molar-refractivity contribution in [3.05, 3.63) is 49.1 Å². The van der Waals surface area contributed by atoms with Crippen molar-refractivity contribution in [2.45, 2.75) is 104 Å². The molecule has 2 aromatic rings. The van der Waals surface area contributed by atoms with Gasteiger partial charge >= 0.3 is 0 Å². The quantitative estimate of drug-likeness (QED) is 0.160. The predicted molar refractivity (Wildman–Crippen MR) is 140 cm³/mol. The number of pyridine rings is 2. The summed E-state index contributed by atoms with van der Waals surface area (Å²) < 4.78 is 4.65. The van der Waals surface area contributed by atoms with Crippen molar-refractivity contribution in [2.24, 2.45) is 0 Å². The van der Waals surface area contributed by atoms with Crippen LogP contribution in [0.4, 0.5) is 0 Å². The first-order valence-corrected chi connectivity index (χ1v) is 11.8. The fourth-order valence-corrected chi connectivity index (χ4v) is 3.75. The van der Waals surface area contributed by atoms with E-state index in [1.54, 1.807) is 0 Å². The van der Waals surface area contributed by atoms with Crippen LogP contribution in [0.2, 0.25) is 0 Å². The van der Waals surface area contributed by atoms with E-state index in [2.05, 4.69) is 72.0 Å². The molecule has 0 saturated heterocycles. The van der Waals surface area contributed by atoms with Gasteiger partial charge in [0.1, 0.15) is 13.1 Å². The highest BCUT2D eigenvalue weighted by molar-refractivity contribution is 8.93. The van der Waals surface area contributed by atoms with Gasteiger partial charge in [-0.3, -0.25) is 0 Å². The van der Waals surface area contributed by atoms with Gasteiger partial charge in [0.15, 0.2) is 24.8 Å². The number of hydrogen-bond acceptors (Lipinski definition) is 0. The number of aromatic nitrogens is 2. The topological polar surface area (TPSA) is 7.76 Å². The molecule has 0 bridgehead atoms. The third kappa shape index (κ3) is 12.2. The van der Waals surface area contributed by atoms with Crippen molar-refractivity contribution >= 4 is 34.0 Å². The van der Waals surface area contributed by atoms with Crippen molar-refractivity contribution in [2.75, 3.05) is 0 Å². The summed E-state index contributed by atoms with van der Waals surface area (Å²) in [5.74, 6) is 0. The Bertz CT molecular complexity index is 569. The van der Waals surface area contributed by atoms with Gasteiger partial charge in [0.05, 0.1) is 0 Å². The third-order valence-electron chi connectivity index (χ3n) is 5.66. The Morgan fingerprint density at radius 2 is 0.767 bits per heavy atom. The average Bonchev–Trinajstić information content (AvgIpc) is 2.74. The molecule has 0 aliphatic rings. The van der Waals surface area contributed by atoms with E-state index < -0.39 is 0 Å². The lowest BCUT2D eigenvalue weighted by Crippen LogP contribution is -2.33. The van der Waals surface area contributed by atoms with Gasteiger partial charge in [0, 0.05) is 37.1 Å². The molecule has 0 atom stereocenters. The molecule has 0 amide bonds. The minimum absolute atomic E-state index is 0. The normalized spacial score (nSPS) is 10.3. The summed E-state index contributed by atoms with van der Waals surface area (Å²) in [5.41, 5.74) is 2.62. The first kappa shape index (κ1) is 29.3. The van der Waals surface area contributed by atoms with Crippen LogP contribution in [-0.2, 0) is 13.1 Å². The zero-order valence-corrected chi connectivity index (χ0v) is 22.7. The second-order valence-electron chi connectivity index (χ2n) is 8.18. The number of rotatable bonds is 15. The van der Waals surface area contributed by atoms with E-state index in [-0.39, 0.29) is 34.0 Å². The summed E-state index contributed by atoms with van der Waals surface area (Å²) in [6, 6.07) is 9.02. The second-order valence-corrected chi connectivity index (χ2v) is 8.18. The molecule has 170 valence electrons. The second kappa shape index (κ2) is 19.0. The van der Waals surface area contributed by atoms with Crippen molar-refractivity contribution < 1.29 is 9.13 Å². The standard InChI is InChI=1S/C26H42N2.2BrH/c1-3-5-7-9-11-13-19-27-21-15-25(16-22-27)26-17-23-28(24-18-26)20-14-12-10-8-6-4-2;;/h15-18,21-24H,3-14,19-20H2,1-2H3;2*1H/q+2;;. The highest BCUT2D eigenvalue weighted by atomic mass is 79.9. The fraction of sp³-hybridized carbons (Fsp3) is 0.615. The summed E-state index contributed by atoms with van der Waals surface area (Å²) >= 11 is 0.